The molecule has 0 atom stereocenters. The fourth-order valence-corrected chi connectivity index (χ4v) is 2.15. The van der Waals surface area contributed by atoms with Gasteiger partial charge in [0.15, 0.2) is 0 Å². The Morgan fingerprint density at radius 3 is 1.88 bits per heavy atom. The molecule has 0 fully saturated rings. The number of hydrogen-bond acceptors (Lipinski definition) is 1. The minimum atomic E-state index is -2.21. The number of rotatable bonds is 1. The summed E-state index contributed by atoms with van der Waals surface area (Å²) < 4.78 is 2.51. The molecule has 48 valence electrons. The first-order valence-corrected chi connectivity index (χ1v) is 12.4. The topological polar surface area (TPSA) is 49.3 Å². The van der Waals surface area contributed by atoms with Crippen molar-refractivity contribution < 1.29 is 9.90 Å². The van der Waals surface area contributed by atoms with Crippen LogP contribution in [0, 0.1) is 0 Å². The van der Waals surface area contributed by atoms with Gasteiger partial charge in [-0.15, -0.1) is 0 Å². The van der Waals surface area contributed by atoms with Gasteiger partial charge in [0, 0.05) is 0 Å². The fraction of sp³-hybridized carbons (Fsp3) is 0.750. The number of nitrogens with one attached hydrogen (secondary N) is 1. The summed E-state index contributed by atoms with van der Waals surface area (Å²) >= 11 is -2.21. The Kier molecular flexibility index (Phi) is 2.59. The molecule has 0 rings (SSSR count). The molecule has 0 heterocycles. The van der Waals surface area contributed by atoms with E-state index in [1.807, 2.05) is 14.8 Å². The molecular formula is C4H11NO2Sn. The van der Waals surface area contributed by atoms with E-state index in [1.54, 1.807) is 0 Å². The van der Waals surface area contributed by atoms with Crippen molar-refractivity contribution in [1.82, 2.24) is 3.54 Å². The van der Waals surface area contributed by atoms with E-state index in [0.29, 0.717) is 0 Å². The summed E-state index contributed by atoms with van der Waals surface area (Å²) in [6.45, 7) is 0. The van der Waals surface area contributed by atoms with Crippen LogP contribution >= 0.6 is 0 Å². The molecule has 0 aliphatic carbocycles. The van der Waals surface area contributed by atoms with E-state index in [1.165, 1.54) is 0 Å². The summed E-state index contributed by atoms with van der Waals surface area (Å²) in [6.07, 6.45) is -0.881. The van der Waals surface area contributed by atoms with Crippen molar-refractivity contribution in [3.05, 3.63) is 0 Å². The zero-order chi connectivity index (χ0) is 6.78. The second-order valence-electron chi connectivity index (χ2n) is 2.68. The van der Waals surface area contributed by atoms with Gasteiger partial charge < -0.3 is 0 Å². The average molecular weight is 224 g/mol. The minimum absolute atomic E-state index is 0.881. The predicted molar refractivity (Wildman–Crippen MR) is 34.5 cm³/mol. The van der Waals surface area contributed by atoms with Crippen LogP contribution in [0.3, 0.4) is 0 Å². The van der Waals surface area contributed by atoms with E-state index in [-0.39, 0.29) is 0 Å². The van der Waals surface area contributed by atoms with Gasteiger partial charge in [-0.05, 0) is 0 Å². The zero-order valence-electron chi connectivity index (χ0n) is 5.36. The van der Waals surface area contributed by atoms with Gasteiger partial charge in [-0.1, -0.05) is 0 Å². The second kappa shape index (κ2) is 2.57. The molecule has 0 bridgehead atoms. The van der Waals surface area contributed by atoms with Gasteiger partial charge in [-0.3, -0.25) is 0 Å². The van der Waals surface area contributed by atoms with Gasteiger partial charge in [-0.2, -0.15) is 0 Å². The Balaban J connectivity index is 3.55. The van der Waals surface area contributed by atoms with E-state index < -0.39 is 24.7 Å². The Morgan fingerprint density at radius 2 is 1.88 bits per heavy atom. The van der Waals surface area contributed by atoms with Crippen molar-refractivity contribution in [2.45, 2.75) is 14.8 Å². The van der Waals surface area contributed by atoms with Crippen LogP contribution < -0.4 is 3.54 Å². The van der Waals surface area contributed by atoms with E-state index in [2.05, 4.69) is 3.54 Å². The number of carbonyl (C=O) groups is 1. The summed E-state index contributed by atoms with van der Waals surface area (Å²) in [7, 11) is 0. The molecule has 1 amide bonds. The van der Waals surface area contributed by atoms with Gasteiger partial charge in [0.05, 0.1) is 0 Å². The third-order valence-corrected chi connectivity index (χ3v) is 3.23. The third kappa shape index (κ3) is 6.07. The van der Waals surface area contributed by atoms with Crippen molar-refractivity contribution in [2.24, 2.45) is 0 Å². The molecule has 4 heteroatoms. The fourth-order valence-electron chi connectivity index (χ4n) is 0.321. The number of hydrogen-bond donors (Lipinski definition) is 2. The van der Waals surface area contributed by atoms with Gasteiger partial charge in [0.1, 0.15) is 0 Å². The molecule has 0 aromatic rings. The second-order valence-corrected chi connectivity index (χ2v) is 16.2. The first-order chi connectivity index (χ1) is 3.42. The quantitative estimate of drug-likeness (QED) is 0.654. The Hall–Kier alpha value is 0.0687. The molecular weight excluding hydrogens is 213 g/mol. The normalized spacial score (nSPS) is 10.9. The maximum atomic E-state index is 9.96. The molecule has 0 aromatic heterocycles. The summed E-state index contributed by atoms with van der Waals surface area (Å²) in [5.74, 6) is 0. The summed E-state index contributed by atoms with van der Waals surface area (Å²) in [6, 6.07) is 0. The molecule has 3 nitrogen and oxygen atoms in total. The molecule has 0 radical (unpaired) electrons. The molecule has 0 aliphatic heterocycles. The Bertz CT molecular complexity index is 96.7. The molecule has 0 aromatic carbocycles. The van der Waals surface area contributed by atoms with Crippen LogP contribution in [0.15, 0.2) is 0 Å². The number of amides is 1. The zero-order valence-corrected chi connectivity index (χ0v) is 8.21. The van der Waals surface area contributed by atoms with Crippen molar-refractivity contribution in [2.75, 3.05) is 0 Å². The van der Waals surface area contributed by atoms with Crippen LogP contribution in [0.5, 0.6) is 0 Å². The summed E-state index contributed by atoms with van der Waals surface area (Å²) in [4.78, 5) is 16.0. The molecule has 0 spiro atoms. The van der Waals surface area contributed by atoms with Gasteiger partial charge in [0.2, 0.25) is 0 Å². The van der Waals surface area contributed by atoms with Crippen LogP contribution in [0.4, 0.5) is 4.79 Å². The maximum absolute atomic E-state index is 9.96. The van der Waals surface area contributed by atoms with Crippen molar-refractivity contribution >= 4 is 24.7 Å². The SMILES string of the molecule is [CH3][Sn]([CH3])([CH3])[NH]C(=O)O. The predicted octanol–water partition coefficient (Wildman–Crippen LogP) is 1.09. The van der Waals surface area contributed by atoms with Crippen LogP contribution in [-0.2, 0) is 0 Å². The molecule has 0 saturated carbocycles. The molecule has 8 heavy (non-hydrogen) atoms. The molecule has 0 aliphatic rings. The first-order valence-electron chi connectivity index (χ1n) is 2.43. The molecule has 0 saturated heterocycles. The summed E-state index contributed by atoms with van der Waals surface area (Å²) in [5, 5.41) is 8.19. The average Bonchev–Trinajstić information content (AvgIpc) is 1.21. The van der Waals surface area contributed by atoms with Gasteiger partial charge >= 0.3 is 53.0 Å². The van der Waals surface area contributed by atoms with Crippen LogP contribution in [0.2, 0.25) is 14.8 Å². The molecule has 2 N–H and O–H groups in total. The van der Waals surface area contributed by atoms with Crippen LogP contribution in [-0.4, -0.2) is 29.8 Å². The summed E-state index contributed by atoms with van der Waals surface area (Å²) in [5.41, 5.74) is 0. The Morgan fingerprint density at radius 1 is 1.50 bits per heavy atom. The molecule has 0 unspecified atom stereocenters. The van der Waals surface area contributed by atoms with Gasteiger partial charge in [0.25, 0.3) is 0 Å². The van der Waals surface area contributed by atoms with E-state index in [0.717, 1.165) is 0 Å². The standard InChI is InChI=1S/CH2NO2.3CH3.Sn/c2-1(3)4;;;;/h2H,(H,3,4);3*1H3;/q-1;;;;+1. The first kappa shape index (κ1) is 8.07. The monoisotopic (exact) mass is 225 g/mol. The van der Waals surface area contributed by atoms with Crippen LogP contribution in [0.1, 0.15) is 0 Å². The van der Waals surface area contributed by atoms with Crippen LogP contribution in [0.25, 0.3) is 0 Å². The van der Waals surface area contributed by atoms with E-state index in [9.17, 15) is 4.79 Å². The van der Waals surface area contributed by atoms with Crippen molar-refractivity contribution in [3.63, 3.8) is 0 Å². The van der Waals surface area contributed by atoms with Crippen molar-refractivity contribution in [1.29, 1.82) is 0 Å². The number of carboxylic acid groups (broad SMARTS) is 1. The third-order valence-electron chi connectivity index (χ3n) is 0.482. The van der Waals surface area contributed by atoms with Gasteiger partial charge in [-0.25, -0.2) is 0 Å². The Labute approximate surface area is 53.3 Å². The van der Waals surface area contributed by atoms with E-state index in [4.69, 9.17) is 5.11 Å². The van der Waals surface area contributed by atoms with E-state index >= 15 is 0 Å². The van der Waals surface area contributed by atoms with Crippen molar-refractivity contribution in [3.8, 4) is 0 Å².